The number of rotatable bonds is 6. The minimum Gasteiger partial charge on any atom is -0.508 e. The van der Waals surface area contributed by atoms with Crippen molar-refractivity contribution >= 4 is 11.9 Å². The predicted molar refractivity (Wildman–Crippen MR) is 66.5 cm³/mol. The lowest BCUT2D eigenvalue weighted by molar-refractivity contribution is -0.139. The van der Waals surface area contributed by atoms with Gasteiger partial charge in [-0.05, 0) is 30.7 Å². The standard InChI is InChI=1S/C13H17NO4/c1-2-3-4-11(13(17)18)14-12(16)9-5-7-10(15)8-6-9/h5-8,11,15H,2-4H2,1H3,(H,14,16)(H,17,18). The summed E-state index contributed by atoms with van der Waals surface area (Å²) in [5, 5.41) is 20.6. The van der Waals surface area contributed by atoms with Crippen LogP contribution in [0.3, 0.4) is 0 Å². The van der Waals surface area contributed by atoms with Gasteiger partial charge in [-0.15, -0.1) is 0 Å². The summed E-state index contributed by atoms with van der Waals surface area (Å²) in [7, 11) is 0. The molecule has 5 heteroatoms. The average molecular weight is 251 g/mol. The van der Waals surface area contributed by atoms with Crippen LogP contribution in [0.5, 0.6) is 5.75 Å². The topological polar surface area (TPSA) is 86.6 Å². The van der Waals surface area contributed by atoms with E-state index in [0.717, 1.165) is 12.8 Å². The molecule has 0 saturated heterocycles. The van der Waals surface area contributed by atoms with Gasteiger partial charge in [0, 0.05) is 5.56 Å². The van der Waals surface area contributed by atoms with E-state index in [2.05, 4.69) is 5.32 Å². The van der Waals surface area contributed by atoms with Crippen LogP contribution < -0.4 is 5.32 Å². The Morgan fingerprint density at radius 3 is 2.39 bits per heavy atom. The Morgan fingerprint density at radius 2 is 1.89 bits per heavy atom. The minimum absolute atomic E-state index is 0.0623. The summed E-state index contributed by atoms with van der Waals surface area (Å²) in [6, 6.07) is 4.80. The van der Waals surface area contributed by atoms with Gasteiger partial charge in [-0.25, -0.2) is 4.79 Å². The molecular formula is C13H17NO4. The Hall–Kier alpha value is -2.04. The number of unbranched alkanes of at least 4 members (excludes halogenated alkanes) is 1. The second-order valence-electron chi connectivity index (χ2n) is 4.05. The summed E-state index contributed by atoms with van der Waals surface area (Å²) in [5.74, 6) is -1.42. The molecule has 0 aromatic heterocycles. The normalized spacial score (nSPS) is 11.8. The fourth-order valence-corrected chi connectivity index (χ4v) is 1.52. The molecule has 0 saturated carbocycles. The van der Waals surface area contributed by atoms with Gasteiger partial charge in [0.15, 0.2) is 0 Å². The van der Waals surface area contributed by atoms with Crippen LogP contribution in [0.2, 0.25) is 0 Å². The lowest BCUT2D eigenvalue weighted by atomic mass is 10.1. The van der Waals surface area contributed by atoms with E-state index >= 15 is 0 Å². The molecule has 3 N–H and O–H groups in total. The number of amides is 1. The van der Waals surface area contributed by atoms with E-state index in [1.54, 1.807) is 0 Å². The molecule has 0 aliphatic heterocycles. The first kappa shape index (κ1) is 14.0. The summed E-state index contributed by atoms with van der Waals surface area (Å²) >= 11 is 0. The van der Waals surface area contributed by atoms with Crippen LogP contribution in [0, 0.1) is 0 Å². The first-order valence-electron chi connectivity index (χ1n) is 5.87. The van der Waals surface area contributed by atoms with Crippen LogP contribution in [0.1, 0.15) is 36.5 Å². The van der Waals surface area contributed by atoms with Crippen LogP contribution in [-0.4, -0.2) is 28.1 Å². The predicted octanol–water partition coefficient (Wildman–Crippen LogP) is 1.77. The van der Waals surface area contributed by atoms with E-state index in [1.165, 1.54) is 24.3 Å². The molecule has 0 spiro atoms. The molecule has 0 radical (unpaired) electrons. The van der Waals surface area contributed by atoms with Crippen LogP contribution in [-0.2, 0) is 4.79 Å². The highest BCUT2D eigenvalue weighted by molar-refractivity contribution is 5.96. The fourth-order valence-electron chi connectivity index (χ4n) is 1.52. The lowest BCUT2D eigenvalue weighted by Crippen LogP contribution is -2.40. The summed E-state index contributed by atoms with van der Waals surface area (Å²) in [6.07, 6.45) is 2.03. The number of aromatic hydroxyl groups is 1. The van der Waals surface area contributed by atoms with Gasteiger partial charge in [0.25, 0.3) is 5.91 Å². The van der Waals surface area contributed by atoms with Crippen molar-refractivity contribution in [2.45, 2.75) is 32.2 Å². The van der Waals surface area contributed by atoms with Crippen molar-refractivity contribution in [2.75, 3.05) is 0 Å². The maximum absolute atomic E-state index is 11.8. The number of nitrogens with one attached hydrogen (secondary N) is 1. The molecular weight excluding hydrogens is 234 g/mol. The van der Waals surface area contributed by atoms with Crippen LogP contribution >= 0.6 is 0 Å². The Kier molecular flexibility index (Phi) is 5.17. The third-order valence-electron chi connectivity index (χ3n) is 2.58. The largest absolute Gasteiger partial charge is 0.508 e. The van der Waals surface area contributed by atoms with Crippen molar-refractivity contribution < 1.29 is 19.8 Å². The molecule has 98 valence electrons. The lowest BCUT2D eigenvalue weighted by Gasteiger charge is -2.14. The van der Waals surface area contributed by atoms with Gasteiger partial charge >= 0.3 is 5.97 Å². The second-order valence-corrected chi connectivity index (χ2v) is 4.05. The number of benzene rings is 1. The van der Waals surface area contributed by atoms with E-state index in [9.17, 15) is 9.59 Å². The van der Waals surface area contributed by atoms with Gasteiger partial charge < -0.3 is 15.5 Å². The second kappa shape index (κ2) is 6.64. The quantitative estimate of drug-likeness (QED) is 0.719. The van der Waals surface area contributed by atoms with Gasteiger partial charge in [-0.3, -0.25) is 4.79 Å². The van der Waals surface area contributed by atoms with Crippen LogP contribution in [0.15, 0.2) is 24.3 Å². The third-order valence-corrected chi connectivity index (χ3v) is 2.58. The summed E-state index contributed by atoms with van der Waals surface area (Å²) in [6.45, 7) is 1.96. The Balaban J connectivity index is 2.66. The molecule has 0 bridgehead atoms. The Bertz CT molecular complexity index is 414. The summed E-state index contributed by atoms with van der Waals surface area (Å²) in [4.78, 5) is 22.7. The highest BCUT2D eigenvalue weighted by Gasteiger charge is 2.19. The van der Waals surface area contributed by atoms with E-state index in [1.807, 2.05) is 6.92 Å². The fraction of sp³-hybridized carbons (Fsp3) is 0.385. The number of phenolic OH excluding ortho intramolecular Hbond substituents is 1. The molecule has 1 rings (SSSR count). The number of carboxylic acid groups (broad SMARTS) is 1. The summed E-state index contributed by atoms with van der Waals surface area (Å²) < 4.78 is 0. The molecule has 1 atom stereocenters. The maximum Gasteiger partial charge on any atom is 0.326 e. The number of carbonyl (C=O) groups is 2. The monoisotopic (exact) mass is 251 g/mol. The Morgan fingerprint density at radius 1 is 1.28 bits per heavy atom. The number of carbonyl (C=O) groups excluding carboxylic acids is 1. The van der Waals surface area contributed by atoms with E-state index in [4.69, 9.17) is 10.2 Å². The van der Waals surface area contributed by atoms with E-state index in [0.29, 0.717) is 12.0 Å². The number of carboxylic acids is 1. The van der Waals surface area contributed by atoms with Crippen molar-refractivity contribution in [3.05, 3.63) is 29.8 Å². The zero-order valence-corrected chi connectivity index (χ0v) is 10.2. The van der Waals surface area contributed by atoms with E-state index < -0.39 is 17.9 Å². The molecule has 1 unspecified atom stereocenters. The smallest absolute Gasteiger partial charge is 0.326 e. The maximum atomic E-state index is 11.8. The molecule has 18 heavy (non-hydrogen) atoms. The van der Waals surface area contributed by atoms with Gasteiger partial charge in [0.05, 0.1) is 0 Å². The van der Waals surface area contributed by atoms with Crippen LogP contribution in [0.4, 0.5) is 0 Å². The van der Waals surface area contributed by atoms with Crippen molar-refractivity contribution in [1.82, 2.24) is 5.32 Å². The van der Waals surface area contributed by atoms with Crippen molar-refractivity contribution in [3.63, 3.8) is 0 Å². The zero-order chi connectivity index (χ0) is 13.5. The highest BCUT2D eigenvalue weighted by Crippen LogP contribution is 2.10. The first-order valence-corrected chi connectivity index (χ1v) is 5.87. The summed E-state index contributed by atoms with van der Waals surface area (Å²) in [5.41, 5.74) is 0.329. The van der Waals surface area contributed by atoms with Gasteiger partial charge in [0.1, 0.15) is 11.8 Å². The number of hydrogen-bond donors (Lipinski definition) is 3. The van der Waals surface area contributed by atoms with Crippen molar-refractivity contribution in [1.29, 1.82) is 0 Å². The molecule has 0 heterocycles. The highest BCUT2D eigenvalue weighted by atomic mass is 16.4. The van der Waals surface area contributed by atoms with Gasteiger partial charge in [-0.1, -0.05) is 19.8 Å². The number of aliphatic carboxylic acids is 1. The molecule has 0 aliphatic carbocycles. The molecule has 0 aliphatic rings. The molecule has 1 aromatic carbocycles. The molecule has 5 nitrogen and oxygen atoms in total. The van der Waals surface area contributed by atoms with E-state index in [-0.39, 0.29) is 5.75 Å². The Labute approximate surface area is 105 Å². The number of hydrogen-bond acceptors (Lipinski definition) is 3. The first-order chi connectivity index (χ1) is 8.54. The van der Waals surface area contributed by atoms with Crippen LogP contribution in [0.25, 0.3) is 0 Å². The van der Waals surface area contributed by atoms with Gasteiger partial charge in [0.2, 0.25) is 0 Å². The molecule has 1 amide bonds. The van der Waals surface area contributed by atoms with Crippen molar-refractivity contribution in [2.24, 2.45) is 0 Å². The average Bonchev–Trinajstić information content (AvgIpc) is 2.34. The number of phenols is 1. The molecule has 0 fully saturated rings. The van der Waals surface area contributed by atoms with Crippen molar-refractivity contribution in [3.8, 4) is 5.75 Å². The van der Waals surface area contributed by atoms with Gasteiger partial charge in [-0.2, -0.15) is 0 Å². The molecule has 1 aromatic rings. The zero-order valence-electron chi connectivity index (χ0n) is 10.2. The SMILES string of the molecule is CCCCC(NC(=O)c1ccc(O)cc1)C(=O)O. The minimum atomic E-state index is -1.03. The third kappa shape index (κ3) is 4.08.